The molecule has 1 amide bonds. The van der Waals surface area contributed by atoms with E-state index in [1.807, 2.05) is 29.3 Å². The Labute approximate surface area is 170 Å². The molecule has 0 spiro atoms. The summed E-state index contributed by atoms with van der Waals surface area (Å²) in [6, 6.07) is 7.74. The van der Waals surface area contributed by atoms with Crippen molar-refractivity contribution in [1.82, 2.24) is 24.8 Å². The van der Waals surface area contributed by atoms with E-state index >= 15 is 0 Å². The Morgan fingerprint density at radius 3 is 2.79 bits per heavy atom. The van der Waals surface area contributed by atoms with Crippen molar-refractivity contribution in [3.63, 3.8) is 0 Å². The molecule has 1 unspecified atom stereocenters. The molecule has 1 aliphatic heterocycles. The first-order valence-corrected chi connectivity index (χ1v) is 9.95. The molecule has 0 aromatic carbocycles. The van der Waals surface area contributed by atoms with Crippen molar-refractivity contribution in [1.29, 1.82) is 0 Å². The number of carbonyl (C=O) groups excluding carboxylic acids is 1. The van der Waals surface area contributed by atoms with Crippen LogP contribution in [0.25, 0.3) is 0 Å². The summed E-state index contributed by atoms with van der Waals surface area (Å²) in [5.74, 6) is 2.03. The third-order valence-corrected chi connectivity index (χ3v) is 5.20. The lowest BCUT2D eigenvalue weighted by molar-refractivity contribution is 0.0668. The maximum atomic E-state index is 12.7. The van der Waals surface area contributed by atoms with Crippen molar-refractivity contribution < 1.29 is 4.79 Å². The first-order valence-electron chi connectivity index (χ1n) is 9.95. The van der Waals surface area contributed by atoms with Gasteiger partial charge < -0.3 is 10.2 Å². The van der Waals surface area contributed by atoms with Crippen LogP contribution >= 0.6 is 0 Å². The van der Waals surface area contributed by atoms with Gasteiger partial charge in [-0.3, -0.25) is 14.8 Å². The summed E-state index contributed by atoms with van der Waals surface area (Å²) in [6.07, 6.45) is 14.3. The van der Waals surface area contributed by atoms with Crippen LogP contribution in [0.2, 0.25) is 0 Å². The number of nitrogens with one attached hydrogen (secondary N) is 1. The van der Waals surface area contributed by atoms with Crippen LogP contribution in [0.3, 0.4) is 0 Å². The molecule has 7 heteroatoms. The van der Waals surface area contributed by atoms with E-state index in [0.29, 0.717) is 17.3 Å². The average molecular weight is 388 g/mol. The first-order chi connectivity index (χ1) is 14.3. The molecule has 1 atom stereocenters. The first kappa shape index (κ1) is 19.0. The predicted molar refractivity (Wildman–Crippen MR) is 111 cm³/mol. The van der Waals surface area contributed by atoms with E-state index in [9.17, 15) is 4.79 Å². The SMILES string of the molecule is O=C(c1cccnc1)N1CCCC(CCc2ccnc(Nc3cnccn3)c2)C1. The number of hydrogen-bond donors (Lipinski definition) is 1. The summed E-state index contributed by atoms with van der Waals surface area (Å²) < 4.78 is 0. The van der Waals surface area contributed by atoms with Gasteiger partial charge in [0.1, 0.15) is 11.6 Å². The van der Waals surface area contributed by atoms with E-state index in [1.54, 1.807) is 31.0 Å². The number of hydrogen-bond acceptors (Lipinski definition) is 6. The molecule has 0 saturated carbocycles. The highest BCUT2D eigenvalue weighted by atomic mass is 16.2. The van der Waals surface area contributed by atoms with E-state index in [-0.39, 0.29) is 5.91 Å². The molecule has 4 rings (SSSR count). The van der Waals surface area contributed by atoms with Gasteiger partial charge in [0, 0.05) is 44.1 Å². The van der Waals surface area contributed by atoms with Crippen LogP contribution in [-0.4, -0.2) is 43.8 Å². The highest BCUT2D eigenvalue weighted by Crippen LogP contribution is 2.23. The number of pyridine rings is 2. The minimum Gasteiger partial charge on any atom is -0.338 e. The van der Waals surface area contributed by atoms with Crippen molar-refractivity contribution in [3.05, 3.63) is 72.6 Å². The fraction of sp³-hybridized carbons (Fsp3) is 0.318. The zero-order valence-electron chi connectivity index (χ0n) is 16.2. The molecule has 0 aliphatic carbocycles. The minimum atomic E-state index is 0.0853. The summed E-state index contributed by atoms with van der Waals surface area (Å²) in [6.45, 7) is 1.63. The Morgan fingerprint density at radius 1 is 1.07 bits per heavy atom. The molecular weight excluding hydrogens is 364 g/mol. The Bertz CT molecular complexity index is 934. The number of piperidine rings is 1. The number of nitrogens with zero attached hydrogens (tertiary/aromatic N) is 5. The summed E-state index contributed by atoms with van der Waals surface area (Å²) in [5, 5.41) is 3.18. The summed E-state index contributed by atoms with van der Waals surface area (Å²) in [7, 11) is 0. The van der Waals surface area contributed by atoms with Crippen LogP contribution in [0, 0.1) is 5.92 Å². The third-order valence-electron chi connectivity index (χ3n) is 5.20. The van der Waals surface area contributed by atoms with Crippen molar-refractivity contribution in [2.45, 2.75) is 25.7 Å². The Morgan fingerprint density at radius 2 is 1.97 bits per heavy atom. The van der Waals surface area contributed by atoms with Crippen LogP contribution in [0.1, 0.15) is 35.2 Å². The fourth-order valence-corrected chi connectivity index (χ4v) is 3.72. The van der Waals surface area contributed by atoms with Crippen molar-refractivity contribution in [2.24, 2.45) is 5.92 Å². The topological polar surface area (TPSA) is 83.9 Å². The Kier molecular flexibility index (Phi) is 6.04. The lowest BCUT2D eigenvalue weighted by Crippen LogP contribution is -2.40. The van der Waals surface area contributed by atoms with Crippen LogP contribution in [0.5, 0.6) is 0 Å². The van der Waals surface area contributed by atoms with Gasteiger partial charge in [-0.15, -0.1) is 0 Å². The predicted octanol–water partition coefficient (Wildman–Crippen LogP) is 3.50. The molecular formula is C22H24N6O. The highest BCUT2D eigenvalue weighted by molar-refractivity contribution is 5.93. The quantitative estimate of drug-likeness (QED) is 0.696. The number of aryl methyl sites for hydroxylation is 1. The number of anilines is 2. The zero-order valence-corrected chi connectivity index (χ0v) is 16.2. The standard InChI is InChI=1S/C22H24N6O/c29-22(19-4-1-8-23-14-19)28-12-2-3-18(16-28)6-5-17-7-9-25-20(13-17)27-21-15-24-10-11-26-21/h1,4,7-11,13-15,18H,2-3,5-6,12,16H2,(H,25,26,27). The van der Waals surface area contributed by atoms with Crippen LogP contribution < -0.4 is 5.32 Å². The molecule has 148 valence electrons. The van der Waals surface area contributed by atoms with Crippen molar-refractivity contribution >= 4 is 17.5 Å². The van der Waals surface area contributed by atoms with E-state index in [2.05, 4.69) is 31.3 Å². The Balaban J connectivity index is 1.33. The average Bonchev–Trinajstić information content (AvgIpc) is 2.79. The molecule has 7 nitrogen and oxygen atoms in total. The van der Waals surface area contributed by atoms with Gasteiger partial charge in [-0.25, -0.2) is 9.97 Å². The number of carbonyl (C=O) groups is 1. The van der Waals surface area contributed by atoms with Gasteiger partial charge in [-0.1, -0.05) is 0 Å². The molecule has 3 aromatic rings. The van der Waals surface area contributed by atoms with Crippen molar-refractivity contribution in [2.75, 3.05) is 18.4 Å². The van der Waals surface area contributed by atoms with E-state index < -0.39 is 0 Å². The number of aromatic nitrogens is 4. The monoisotopic (exact) mass is 388 g/mol. The normalized spacial score (nSPS) is 16.4. The molecule has 1 saturated heterocycles. The maximum Gasteiger partial charge on any atom is 0.255 e. The molecule has 0 bridgehead atoms. The minimum absolute atomic E-state index is 0.0853. The molecule has 1 N–H and O–H groups in total. The van der Waals surface area contributed by atoms with E-state index in [4.69, 9.17) is 0 Å². The van der Waals surface area contributed by atoms with Crippen LogP contribution in [0.4, 0.5) is 11.6 Å². The van der Waals surface area contributed by atoms with Gasteiger partial charge in [0.2, 0.25) is 0 Å². The Hall–Kier alpha value is -3.35. The van der Waals surface area contributed by atoms with Gasteiger partial charge in [-0.2, -0.15) is 0 Å². The van der Waals surface area contributed by atoms with Gasteiger partial charge >= 0.3 is 0 Å². The van der Waals surface area contributed by atoms with Crippen LogP contribution in [0.15, 0.2) is 61.4 Å². The molecule has 1 fully saturated rings. The number of likely N-dealkylation sites (tertiary alicyclic amines) is 1. The van der Waals surface area contributed by atoms with E-state index in [1.165, 1.54) is 5.56 Å². The highest BCUT2D eigenvalue weighted by Gasteiger charge is 2.24. The smallest absolute Gasteiger partial charge is 0.255 e. The number of amides is 1. The van der Waals surface area contributed by atoms with Gasteiger partial charge in [0.15, 0.2) is 0 Å². The van der Waals surface area contributed by atoms with Gasteiger partial charge in [-0.05, 0) is 61.4 Å². The summed E-state index contributed by atoms with van der Waals surface area (Å²) in [5.41, 5.74) is 1.89. The lowest BCUT2D eigenvalue weighted by Gasteiger charge is -2.33. The zero-order chi connectivity index (χ0) is 19.9. The number of rotatable bonds is 6. The van der Waals surface area contributed by atoms with Crippen LogP contribution in [-0.2, 0) is 6.42 Å². The lowest BCUT2D eigenvalue weighted by atomic mass is 9.91. The third kappa shape index (κ3) is 5.13. The largest absolute Gasteiger partial charge is 0.338 e. The molecule has 4 heterocycles. The molecule has 0 radical (unpaired) electrons. The van der Waals surface area contributed by atoms with Crippen molar-refractivity contribution in [3.8, 4) is 0 Å². The maximum absolute atomic E-state index is 12.7. The second-order valence-electron chi connectivity index (χ2n) is 7.30. The second-order valence-corrected chi connectivity index (χ2v) is 7.30. The molecule has 3 aromatic heterocycles. The van der Waals surface area contributed by atoms with Gasteiger partial charge in [0.25, 0.3) is 5.91 Å². The molecule has 1 aliphatic rings. The fourth-order valence-electron chi connectivity index (χ4n) is 3.72. The van der Waals surface area contributed by atoms with E-state index in [0.717, 1.165) is 44.6 Å². The summed E-state index contributed by atoms with van der Waals surface area (Å²) in [4.78, 5) is 31.4. The molecule has 29 heavy (non-hydrogen) atoms. The van der Waals surface area contributed by atoms with Gasteiger partial charge in [0.05, 0.1) is 11.8 Å². The second kappa shape index (κ2) is 9.23. The summed E-state index contributed by atoms with van der Waals surface area (Å²) >= 11 is 0.